The molecule has 11 nitrogen and oxygen atoms in total. The summed E-state index contributed by atoms with van der Waals surface area (Å²) >= 11 is 0. The highest BCUT2D eigenvalue weighted by atomic mass is 16.6. The minimum Gasteiger partial charge on any atom is -0.444 e. The number of fused-ring (bicyclic) bond motifs is 1. The van der Waals surface area contributed by atoms with Crippen LogP contribution in [0.1, 0.15) is 52.5 Å². The molecule has 5 rings (SSSR count). The number of rotatable bonds is 10. The molecule has 2 N–H and O–H groups in total. The topological polar surface area (TPSA) is 119 Å². The predicted molar refractivity (Wildman–Crippen MR) is 163 cm³/mol. The number of hydrogen-bond acceptors (Lipinski definition) is 9. The Morgan fingerprint density at radius 1 is 1.05 bits per heavy atom. The largest absolute Gasteiger partial charge is 0.444 e. The Kier molecular flexibility index (Phi) is 9.16. The number of amides is 1. The molecule has 1 fully saturated rings. The Labute approximate surface area is 246 Å². The number of anilines is 2. The molecule has 4 heterocycles. The summed E-state index contributed by atoms with van der Waals surface area (Å²) in [6, 6.07) is 16.1. The zero-order valence-electron chi connectivity index (χ0n) is 24.8. The second-order valence-electron chi connectivity index (χ2n) is 11.4. The monoisotopic (exact) mass is 572 g/mol. The van der Waals surface area contributed by atoms with Gasteiger partial charge in [-0.2, -0.15) is 10.1 Å². The maximum Gasteiger partial charge on any atom is 0.407 e. The molecule has 0 spiro atoms. The van der Waals surface area contributed by atoms with E-state index in [4.69, 9.17) is 29.5 Å². The number of pyridine rings is 1. The van der Waals surface area contributed by atoms with E-state index in [-0.39, 0.29) is 18.9 Å². The molecule has 1 amide bonds. The molecule has 42 heavy (non-hydrogen) atoms. The van der Waals surface area contributed by atoms with E-state index in [1.165, 1.54) is 5.56 Å². The molecule has 0 radical (unpaired) electrons. The zero-order chi connectivity index (χ0) is 29.5. The molecule has 1 aliphatic rings. The molecule has 1 aromatic carbocycles. The molecular weight excluding hydrogens is 532 g/mol. The Bertz CT molecular complexity index is 1480. The number of piperidine rings is 1. The van der Waals surface area contributed by atoms with Crippen LogP contribution in [0.5, 0.6) is 0 Å². The number of carbonyl (C=O) groups is 1. The van der Waals surface area contributed by atoms with E-state index in [0.717, 1.165) is 49.2 Å². The molecule has 0 atom stereocenters. The summed E-state index contributed by atoms with van der Waals surface area (Å²) in [7, 11) is 0. The van der Waals surface area contributed by atoms with Gasteiger partial charge < -0.3 is 25.0 Å². The zero-order valence-corrected chi connectivity index (χ0v) is 24.8. The van der Waals surface area contributed by atoms with Crippen molar-refractivity contribution in [2.24, 2.45) is 0 Å². The van der Waals surface area contributed by atoms with E-state index in [9.17, 15) is 4.79 Å². The number of carbonyl (C=O) groups excluding carboxylic acids is 1. The highest BCUT2D eigenvalue weighted by molar-refractivity contribution is 5.90. The molecule has 3 aromatic heterocycles. The van der Waals surface area contributed by atoms with E-state index in [0.29, 0.717) is 30.4 Å². The van der Waals surface area contributed by atoms with Gasteiger partial charge in [0.1, 0.15) is 23.8 Å². The number of hydrogen-bond donors (Lipinski definition) is 2. The second-order valence-corrected chi connectivity index (χ2v) is 11.4. The first-order valence-corrected chi connectivity index (χ1v) is 14.6. The summed E-state index contributed by atoms with van der Waals surface area (Å²) in [5.74, 6) is 1.40. The Hall–Kier alpha value is -4.25. The molecule has 0 aliphatic carbocycles. The Morgan fingerprint density at radius 3 is 2.57 bits per heavy atom. The summed E-state index contributed by atoms with van der Waals surface area (Å²) in [5.41, 5.74) is 2.80. The molecule has 1 aliphatic heterocycles. The molecule has 1 saturated heterocycles. The van der Waals surface area contributed by atoms with Crippen molar-refractivity contribution in [3.8, 4) is 11.4 Å². The number of alkyl carbamates (subject to hydrolysis) is 1. The van der Waals surface area contributed by atoms with Gasteiger partial charge in [-0.1, -0.05) is 43.3 Å². The van der Waals surface area contributed by atoms with E-state index in [1.54, 1.807) is 4.68 Å². The summed E-state index contributed by atoms with van der Waals surface area (Å²) in [6.07, 6.45) is 3.91. The lowest BCUT2D eigenvalue weighted by Gasteiger charge is -2.32. The van der Waals surface area contributed by atoms with Crippen LogP contribution >= 0.6 is 0 Å². The lowest BCUT2D eigenvalue weighted by Crippen LogP contribution is -2.46. The van der Waals surface area contributed by atoms with Crippen molar-refractivity contribution >= 4 is 28.9 Å². The third-order valence-electron chi connectivity index (χ3n) is 6.85. The molecule has 11 heteroatoms. The molecule has 0 unspecified atom stereocenters. The molecule has 0 bridgehead atoms. The van der Waals surface area contributed by atoms with Crippen LogP contribution in [-0.4, -0.2) is 62.2 Å². The summed E-state index contributed by atoms with van der Waals surface area (Å²) < 4.78 is 13.1. The third kappa shape index (κ3) is 7.52. The van der Waals surface area contributed by atoms with Crippen LogP contribution in [0.25, 0.3) is 22.4 Å². The maximum atomic E-state index is 12.2. The molecule has 0 saturated carbocycles. The molecule has 4 aromatic rings. The highest BCUT2D eigenvalue weighted by Gasteiger charge is 2.26. The van der Waals surface area contributed by atoms with Gasteiger partial charge in [0.25, 0.3) is 0 Å². The normalized spacial score (nSPS) is 14.2. The summed E-state index contributed by atoms with van der Waals surface area (Å²) in [5, 5.41) is 12.1. The van der Waals surface area contributed by atoms with Crippen LogP contribution in [0, 0.1) is 0 Å². The van der Waals surface area contributed by atoms with Gasteiger partial charge >= 0.3 is 6.09 Å². The SMILES string of the molecule is CCCOCn1nc(-c2cccc(NCc3ccccc3)n2)c2cnc(N3CCC(NC(=O)OC(C)(C)C)CC3)nc21. The average Bonchev–Trinajstić information content (AvgIpc) is 3.34. The average molecular weight is 573 g/mol. The van der Waals surface area contributed by atoms with Crippen LogP contribution in [0.15, 0.2) is 54.7 Å². The molecular formula is C31H40N8O3. The third-order valence-corrected chi connectivity index (χ3v) is 6.85. The number of nitrogens with one attached hydrogen (secondary N) is 2. The van der Waals surface area contributed by atoms with Gasteiger partial charge in [-0.25, -0.2) is 19.4 Å². The van der Waals surface area contributed by atoms with Gasteiger partial charge in [0.15, 0.2) is 5.65 Å². The smallest absolute Gasteiger partial charge is 0.407 e. The van der Waals surface area contributed by atoms with Gasteiger partial charge in [0, 0.05) is 38.5 Å². The van der Waals surface area contributed by atoms with Crippen LogP contribution in [0.2, 0.25) is 0 Å². The van der Waals surface area contributed by atoms with E-state index >= 15 is 0 Å². The minimum absolute atomic E-state index is 0.0493. The lowest BCUT2D eigenvalue weighted by molar-refractivity contribution is 0.0497. The standard InChI is InChI=1S/C31H40N8O3/c1-5-18-41-21-39-28-24(27(37-39)25-12-9-13-26(35-25)32-19-22-10-7-6-8-11-22)20-33-29(36-28)38-16-14-23(15-17-38)34-30(40)42-31(2,3)4/h6-13,20,23H,5,14-19,21H2,1-4H3,(H,32,35)(H,34,40). The van der Waals surface area contributed by atoms with E-state index in [2.05, 4.69) is 34.6 Å². The number of ether oxygens (including phenoxy) is 2. The van der Waals surface area contributed by atoms with Crippen molar-refractivity contribution in [1.82, 2.24) is 30.0 Å². The predicted octanol–water partition coefficient (Wildman–Crippen LogP) is 5.38. The van der Waals surface area contributed by atoms with Gasteiger partial charge in [0.05, 0.1) is 11.1 Å². The minimum atomic E-state index is -0.522. The molecule has 222 valence electrons. The summed E-state index contributed by atoms with van der Waals surface area (Å²) in [4.78, 5) is 28.9. The van der Waals surface area contributed by atoms with E-state index < -0.39 is 5.60 Å². The first-order chi connectivity index (χ1) is 20.3. The highest BCUT2D eigenvalue weighted by Crippen LogP contribution is 2.28. The second kappa shape index (κ2) is 13.2. The van der Waals surface area contributed by atoms with E-state index in [1.807, 2.05) is 63.4 Å². The maximum absolute atomic E-state index is 12.2. The summed E-state index contributed by atoms with van der Waals surface area (Å²) in [6.45, 7) is 10.7. The fourth-order valence-corrected chi connectivity index (χ4v) is 4.83. The quantitative estimate of drug-likeness (QED) is 0.241. The van der Waals surface area contributed by atoms with Gasteiger partial charge in [0.2, 0.25) is 5.95 Å². The van der Waals surface area contributed by atoms with Crippen molar-refractivity contribution in [3.63, 3.8) is 0 Å². The fourth-order valence-electron chi connectivity index (χ4n) is 4.83. The van der Waals surface area contributed by atoms with Crippen molar-refractivity contribution < 1.29 is 14.3 Å². The Balaban J connectivity index is 1.33. The van der Waals surface area contributed by atoms with Gasteiger partial charge in [-0.3, -0.25) is 0 Å². The van der Waals surface area contributed by atoms with Crippen LogP contribution < -0.4 is 15.5 Å². The number of benzene rings is 1. The van der Waals surface area contributed by atoms with Crippen LogP contribution in [0.4, 0.5) is 16.6 Å². The van der Waals surface area contributed by atoms with Crippen molar-refractivity contribution in [2.75, 3.05) is 29.9 Å². The van der Waals surface area contributed by atoms with Crippen LogP contribution in [0.3, 0.4) is 0 Å². The van der Waals surface area contributed by atoms with Crippen molar-refractivity contribution in [3.05, 3.63) is 60.3 Å². The first kappa shape index (κ1) is 29.2. The number of nitrogens with zero attached hydrogens (tertiary/aromatic N) is 6. The van der Waals surface area contributed by atoms with Crippen LogP contribution in [-0.2, 0) is 22.7 Å². The fraction of sp³-hybridized carbons (Fsp3) is 0.452. The number of aromatic nitrogens is 5. The Morgan fingerprint density at radius 2 is 1.83 bits per heavy atom. The van der Waals surface area contributed by atoms with Gasteiger partial charge in [-0.15, -0.1) is 0 Å². The van der Waals surface area contributed by atoms with Gasteiger partial charge in [-0.05, 0) is 57.7 Å². The first-order valence-electron chi connectivity index (χ1n) is 14.6. The van der Waals surface area contributed by atoms with Crippen molar-refractivity contribution in [2.45, 2.75) is 71.9 Å². The van der Waals surface area contributed by atoms with Crippen molar-refractivity contribution in [1.29, 1.82) is 0 Å². The lowest BCUT2D eigenvalue weighted by atomic mass is 10.1.